The van der Waals surface area contributed by atoms with E-state index < -0.39 is 0 Å². The van der Waals surface area contributed by atoms with Crippen LogP contribution in [0.1, 0.15) is 33.3 Å². The monoisotopic (exact) mass is 222 g/mol. The van der Waals surface area contributed by atoms with Crippen molar-refractivity contribution in [2.24, 2.45) is 0 Å². The Morgan fingerprint density at radius 3 is 2.19 bits per heavy atom. The van der Waals surface area contributed by atoms with Crippen LogP contribution in [0, 0.1) is 0 Å². The van der Waals surface area contributed by atoms with Gasteiger partial charge in [0.2, 0.25) is 5.95 Å². The van der Waals surface area contributed by atoms with Gasteiger partial charge in [-0.05, 0) is 13.8 Å². The van der Waals surface area contributed by atoms with E-state index in [4.69, 9.17) is 0 Å². The predicted octanol–water partition coefficient (Wildman–Crippen LogP) is 1.82. The summed E-state index contributed by atoms with van der Waals surface area (Å²) in [6.45, 7) is 9.32. The lowest BCUT2D eigenvalue weighted by Gasteiger charge is -2.21. The number of hydrogen-bond acceptors (Lipinski definition) is 4. The van der Waals surface area contributed by atoms with Crippen molar-refractivity contribution in [3.8, 4) is 0 Å². The van der Waals surface area contributed by atoms with Crippen LogP contribution in [-0.2, 0) is 6.54 Å². The van der Waals surface area contributed by atoms with Crippen LogP contribution in [0.25, 0.3) is 0 Å². The molecule has 0 unspecified atom stereocenters. The van der Waals surface area contributed by atoms with Gasteiger partial charge in [-0.1, -0.05) is 13.8 Å². The average Bonchev–Trinajstić information content (AvgIpc) is 2.26. The number of rotatable bonds is 5. The Kier molecular flexibility index (Phi) is 4.68. The summed E-state index contributed by atoms with van der Waals surface area (Å²) in [5.74, 6) is 0.781. The van der Waals surface area contributed by atoms with Crippen LogP contribution in [0.4, 0.5) is 5.95 Å². The highest BCUT2D eigenvalue weighted by Gasteiger charge is 2.07. The summed E-state index contributed by atoms with van der Waals surface area (Å²) >= 11 is 0. The van der Waals surface area contributed by atoms with Crippen LogP contribution in [0.2, 0.25) is 0 Å². The SMILES string of the molecule is CC(C)NCc1cnc(N(C)C(C)C)nc1. The highest BCUT2D eigenvalue weighted by molar-refractivity contribution is 5.29. The quantitative estimate of drug-likeness (QED) is 0.825. The molecule has 0 radical (unpaired) electrons. The smallest absolute Gasteiger partial charge is 0.225 e. The lowest BCUT2D eigenvalue weighted by Crippen LogP contribution is -2.27. The summed E-state index contributed by atoms with van der Waals surface area (Å²) < 4.78 is 0. The lowest BCUT2D eigenvalue weighted by atomic mass is 10.3. The van der Waals surface area contributed by atoms with E-state index in [-0.39, 0.29) is 0 Å². The zero-order valence-electron chi connectivity index (χ0n) is 10.9. The highest BCUT2D eigenvalue weighted by Crippen LogP contribution is 2.08. The molecular weight excluding hydrogens is 200 g/mol. The van der Waals surface area contributed by atoms with Crippen LogP contribution in [-0.4, -0.2) is 29.1 Å². The van der Waals surface area contributed by atoms with Gasteiger partial charge in [-0.15, -0.1) is 0 Å². The molecule has 0 amide bonds. The van der Waals surface area contributed by atoms with E-state index >= 15 is 0 Å². The van der Waals surface area contributed by atoms with Crippen molar-refractivity contribution >= 4 is 5.95 Å². The van der Waals surface area contributed by atoms with Gasteiger partial charge in [-0.2, -0.15) is 0 Å². The number of aromatic nitrogens is 2. The molecule has 0 saturated heterocycles. The average molecular weight is 222 g/mol. The van der Waals surface area contributed by atoms with E-state index in [1.165, 1.54) is 0 Å². The number of nitrogens with one attached hydrogen (secondary N) is 1. The molecular formula is C12H22N4. The summed E-state index contributed by atoms with van der Waals surface area (Å²) in [5.41, 5.74) is 1.12. The van der Waals surface area contributed by atoms with Crippen molar-refractivity contribution < 1.29 is 0 Å². The Hall–Kier alpha value is -1.16. The van der Waals surface area contributed by atoms with E-state index in [1.807, 2.05) is 19.4 Å². The second kappa shape index (κ2) is 5.80. The van der Waals surface area contributed by atoms with Crippen molar-refractivity contribution in [2.75, 3.05) is 11.9 Å². The fourth-order valence-electron chi connectivity index (χ4n) is 1.17. The second-order valence-corrected chi connectivity index (χ2v) is 4.63. The van der Waals surface area contributed by atoms with Crippen LogP contribution in [0.3, 0.4) is 0 Å². The topological polar surface area (TPSA) is 41.1 Å². The maximum Gasteiger partial charge on any atom is 0.225 e. The van der Waals surface area contributed by atoms with Gasteiger partial charge in [0.05, 0.1) is 0 Å². The molecule has 1 rings (SSSR count). The molecule has 0 aliphatic heterocycles. The van der Waals surface area contributed by atoms with Crippen molar-refractivity contribution in [3.05, 3.63) is 18.0 Å². The Morgan fingerprint density at radius 2 is 1.75 bits per heavy atom. The van der Waals surface area contributed by atoms with Crippen LogP contribution in [0.15, 0.2) is 12.4 Å². The van der Waals surface area contributed by atoms with E-state index in [9.17, 15) is 0 Å². The van der Waals surface area contributed by atoms with Crippen molar-refractivity contribution in [1.82, 2.24) is 15.3 Å². The van der Waals surface area contributed by atoms with Gasteiger partial charge in [-0.3, -0.25) is 0 Å². The molecule has 1 aromatic rings. The third kappa shape index (κ3) is 3.77. The summed E-state index contributed by atoms with van der Waals surface area (Å²) in [7, 11) is 2.01. The molecule has 0 atom stereocenters. The number of nitrogens with zero attached hydrogens (tertiary/aromatic N) is 3. The third-order valence-electron chi connectivity index (χ3n) is 2.50. The van der Waals surface area contributed by atoms with Gasteiger partial charge in [-0.25, -0.2) is 9.97 Å². The molecule has 1 heterocycles. The zero-order chi connectivity index (χ0) is 12.1. The van der Waals surface area contributed by atoms with Crippen LogP contribution < -0.4 is 10.2 Å². The molecule has 16 heavy (non-hydrogen) atoms. The van der Waals surface area contributed by atoms with Gasteiger partial charge in [0.15, 0.2) is 0 Å². The largest absolute Gasteiger partial charge is 0.341 e. The maximum atomic E-state index is 4.35. The Bertz CT molecular complexity index is 305. The summed E-state index contributed by atoms with van der Waals surface area (Å²) in [4.78, 5) is 10.8. The fourth-order valence-corrected chi connectivity index (χ4v) is 1.17. The molecule has 90 valence electrons. The van der Waals surface area contributed by atoms with Crippen LogP contribution in [0.5, 0.6) is 0 Å². The standard InChI is InChI=1S/C12H22N4/c1-9(2)13-6-11-7-14-12(15-8-11)16(5)10(3)4/h7-10,13H,6H2,1-5H3. The molecule has 0 fully saturated rings. The minimum absolute atomic E-state index is 0.416. The van der Waals surface area contributed by atoms with Gasteiger partial charge >= 0.3 is 0 Å². The van der Waals surface area contributed by atoms with E-state index in [0.717, 1.165) is 18.1 Å². The Labute approximate surface area is 98.1 Å². The molecule has 0 bridgehead atoms. The second-order valence-electron chi connectivity index (χ2n) is 4.63. The first-order valence-electron chi connectivity index (χ1n) is 5.78. The van der Waals surface area contributed by atoms with Crippen LogP contribution >= 0.6 is 0 Å². The molecule has 1 aromatic heterocycles. The van der Waals surface area contributed by atoms with E-state index in [2.05, 4.69) is 47.9 Å². The highest BCUT2D eigenvalue weighted by atomic mass is 15.2. The predicted molar refractivity (Wildman–Crippen MR) is 67.5 cm³/mol. The first kappa shape index (κ1) is 12.9. The summed E-state index contributed by atoms with van der Waals surface area (Å²) in [6.07, 6.45) is 3.77. The van der Waals surface area contributed by atoms with E-state index in [0.29, 0.717) is 12.1 Å². The lowest BCUT2D eigenvalue weighted by molar-refractivity contribution is 0.586. The minimum atomic E-state index is 0.416. The number of anilines is 1. The molecule has 0 aromatic carbocycles. The first-order chi connectivity index (χ1) is 7.50. The Balaban J connectivity index is 2.61. The van der Waals surface area contributed by atoms with Crippen molar-refractivity contribution in [3.63, 3.8) is 0 Å². The Morgan fingerprint density at radius 1 is 1.19 bits per heavy atom. The molecule has 0 aliphatic rings. The maximum absolute atomic E-state index is 4.35. The van der Waals surface area contributed by atoms with E-state index in [1.54, 1.807) is 0 Å². The molecule has 0 aliphatic carbocycles. The van der Waals surface area contributed by atoms with Gasteiger partial charge in [0.25, 0.3) is 0 Å². The molecule has 0 spiro atoms. The zero-order valence-corrected chi connectivity index (χ0v) is 10.9. The third-order valence-corrected chi connectivity index (χ3v) is 2.50. The molecule has 1 N–H and O–H groups in total. The minimum Gasteiger partial charge on any atom is -0.341 e. The van der Waals surface area contributed by atoms with Crippen molar-refractivity contribution in [1.29, 1.82) is 0 Å². The number of hydrogen-bond donors (Lipinski definition) is 1. The molecule has 4 heteroatoms. The first-order valence-corrected chi connectivity index (χ1v) is 5.78. The van der Waals surface area contributed by atoms with Gasteiger partial charge < -0.3 is 10.2 Å². The molecule has 0 saturated carbocycles. The summed E-state index contributed by atoms with van der Waals surface area (Å²) in [6, 6.07) is 0.901. The molecule has 4 nitrogen and oxygen atoms in total. The fraction of sp³-hybridized carbons (Fsp3) is 0.667. The van der Waals surface area contributed by atoms with Gasteiger partial charge in [0, 0.05) is 43.6 Å². The van der Waals surface area contributed by atoms with Crippen molar-refractivity contribution in [2.45, 2.75) is 46.3 Å². The summed E-state index contributed by atoms with van der Waals surface area (Å²) in [5, 5.41) is 3.34. The van der Waals surface area contributed by atoms with Gasteiger partial charge in [0.1, 0.15) is 0 Å². The normalized spacial score (nSPS) is 11.2.